The molecular weight excluding hydrogens is 602 g/mol. The van der Waals surface area contributed by atoms with Crippen LogP contribution < -0.4 is 15.0 Å². The topological polar surface area (TPSA) is 105 Å². The highest BCUT2D eigenvalue weighted by Gasteiger charge is 2.19. The first-order valence-corrected chi connectivity index (χ1v) is 13.4. The highest BCUT2D eigenvalue weighted by atomic mass is 79.9. The maximum atomic E-state index is 13.6. The molecular formula is C29H23BrClN3O6. The first-order valence-electron chi connectivity index (χ1n) is 12.2. The summed E-state index contributed by atoms with van der Waals surface area (Å²) in [7, 11) is 1.57. The van der Waals surface area contributed by atoms with Crippen molar-refractivity contribution in [2.45, 2.75) is 20.0 Å². The molecule has 5 aromatic rings. The first-order chi connectivity index (χ1) is 19.2. The van der Waals surface area contributed by atoms with Gasteiger partial charge in [-0.3, -0.25) is 4.79 Å². The van der Waals surface area contributed by atoms with Crippen molar-refractivity contribution in [1.29, 1.82) is 0 Å². The van der Waals surface area contributed by atoms with Crippen LogP contribution in [0, 0.1) is 0 Å². The zero-order valence-electron chi connectivity index (χ0n) is 21.7. The van der Waals surface area contributed by atoms with Crippen molar-refractivity contribution in [3.63, 3.8) is 0 Å². The second-order valence-electron chi connectivity index (χ2n) is 8.93. The predicted molar refractivity (Wildman–Crippen MR) is 157 cm³/mol. The monoisotopic (exact) mass is 623 g/mol. The molecule has 11 heteroatoms. The van der Waals surface area contributed by atoms with Gasteiger partial charge in [0.1, 0.15) is 17.1 Å². The standard InChI is InChI=1S/C29H23BrClN3O6/c1-16(2)39-26(35)15-38-27-17(11-18(31)12-21(27)30)14-32-34-28(33-22-8-5-4-7-19(22)29(34)36)25-13-20-23(37-3)9-6-10-24(20)40-25/h4-14,16H,15H2,1-3H3. The number of rotatable bonds is 8. The van der Waals surface area contributed by atoms with Crippen molar-refractivity contribution in [2.24, 2.45) is 5.10 Å². The lowest BCUT2D eigenvalue weighted by Crippen LogP contribution is -2.20. The average molecular weight is 625 g/mol. The maximum Gasteiger partial charge on any atom is 0.344 e. The third-order valence-corrected chi connectivity index (χ3v) is 6.57. The van der Waals surface area contributed by atoms with Gasteiger partial charge in [0.2, 0.25) is 5.82 Å². The Kier molecular flexibility index (Phi) is 7.90. The second kappa shape index (κ2) is 11.5. The van der Waals surface area contributed by atoms with Gasteiger partial charge in [-0.15, -0.1) is 0 Å². The van der Waals surface area contributed by atoms with Crippen LogP contribution in [0.2, 0.25) is 5.02 Å². The van der Waals surface area contributed by atoms with Crippen molar-refractivity contribution in [1.82, 2.24) is 9.66 Å². The zero-order valence-corrected chi connectivity index (χ0v) is 24.0. The third kappa shape index (κ3) is 5.59. The van der Waals surface area contributed by atoms with Crippen LogP contribution in [0.15, 0.2) is 79.4 Å². The van der Waals surface area contributed by atoms with Crippen LogP contribution in [0.5, 0.6) is 11.5 Å². The number of aromatic nitrogens is 2. The van der Waals surface area contributed by atoms with E-state index < -0.39 is 11.5 Å². The summed E-state index contributed by atoms with van der Waals surface area (Å²) in [6, 6.07) is 17.4. The van der Waals surface area contributed by atoms with Gasteiger partial charge >= 0.3 is 5.97 Å². The van der Waals surface area contributed by atoms with Crippen LogP contribution in [0.3, 0.4) is 0 Å². The van der Waals surface area contributed by atoms with Gasteiger partial charge in [-0.1, -0.05) is 29.8 Å². The van der Waals surface area contributed by atoms with Gasteiger partial charge in [-0.25, -0.2) is 9.78 Å². The third-order valence-electron chi connectivity index (χ3n) is 5.77. The molecule has 0 unspecified atom stereocenters. The van der Waals surface area contributed by atoms with Gasteiger partial charge in [-0.2, -0.15) is 9.78 Å². The van der Waals surface area contributed by atoms with E-state index in [4.69, 9.17) is 35.2 Å². The van der Waals surface area contributed by atoms with Gasteiger partial charge in [0.25, 0.3) is 5.56 Å². The molecule has 0 atom stereocenters. The Morgan fingerprint density at radius 2 is 1.95 bits per heavy atom. The molecule has 2 aromatic heterocycles. The van der Waals surface area contributed by atoms with Gasteiger partial charge < -0.3 is 18.6 Å². The van der Waals surface area contributed by atoms with E-state index in [0.717, 1.165) is 10.1 Å². The minimum atomic E-state index is -0.530. The normalized spacial score (nSPS) is 11.6. The number of nitrogens with zero attached hydrogens (tertiary/aromatic N) is 3. The molecule has 0 aliphatic rings. The maximum absolute atomic E-state index is 13.6. The molecule has 5 rings (SSSR count). The number of esters is 1. The fourth-order valence-corrected chi connectivity index (χ4v) is 5.04. The molecule has 9 nitrogen and oxygen atoms in total. The Hall–Kier alpha value is -4.15. The SMILES string of the molecule is COc1cccc2oc(-c3nc4ccccc4c(=O)n3N=Cc3cc(Cl)cc(Br)c3OCC(=O)OC(C)C)cc12. The number of carbonyl (C=O) groups excluding carboxylic acids is 1. The van der Waals surface area contributed by atoms with Crippen LogP contribution in [0.25, 0.3) is 33.5 Å². The van der Waals surface area contributed by atoms with E-state index >= 15 is 0 Å². The van der Waals surface area contributed by atoms with Gasteiger partial charge in [0, 0.05) is 10.6 Å². The molecule has 3 aromatic carbocycles. The summed E-state index contributed by atoms with van der Waals surface area (Å²) in [6.45, 7) is 3.17. The lowest BCUT2D eigenvalue weighted by molar-refractivity contribution is -0.149. The number of para-hydroxylation sites is 1. The molecule has 0 amide bonds. The quantitative estimate of drug-likeness (QED) is 0.144. The highest BCUT2D eigenvalue weighted by Crippen LogP contribution is 2.34. The van der Waals surface area contributed by atoms with E-state index in [1.54, 1.807) is 69.5 Å². The molecule has 0 saturated carbocycles. The van der Waals surface area contributed by atoms with Crippen LogP contribution in [-0.4, -0.2) is 41.7 Å². The average Bonchev–Trinajstić information content (AvgIpc) is 3.36. The van der Waals surface area contributed by atoms with Gasteiger partial charge in [0.15, 0.2) is 12.4 Å². The number of furan rings is 1. The van der Waals surface area contributed by atoms with E-state index in [1.807, 2.05) is 12.1 Å². The van der Waals surface area contributed by atoms with Crippen LogP contribution >= 0.6 is 27.5 Å². The van der Waals surface area contributed by atoms with Crippen molar-refractivity contribution in [2.75, 3.05) is 13.7 Å². The number of ether oxygens (including phenoxy) is 3. The Labute approximate surface area is 242 Å². The van der Waals surface area contributed by atoms with Crippen LogP contribution in [0.4, 0.5) is 0 Å². The first kappa shape index (κ1) is 27.4. The summed E-state index contributed by atoms with van der Waals surface area (Å²) in [5.74, 6) is 0.886. The summed E-state index contributed by atoms with van der Waals surface area (Å²) in [5, 5.41) is 5.97. The summed E-state index contributed by atoms with van der Waals surface area (Å²) in [4.78, 5) is 30.4. The molecule has 0 saturated heterocycles. The molecule has 0 fully saturated rings. The number of carbonyl (C=O) groups is 1. The van der Waals surface area contributed by atoms with E-state index in [2.05, 4.69) is 21.0 Å². The zero-order chi connectivity index (χ0) is 28.4. The van der Waals surface area contributed by atoms with Crippen molar-refractivity contribution >= 4 is 61.6 Å². The minimum Gasteiger partial charge on any atom is -0.496 e. The van der Waals surface area contributed by atoms with Crippen molar-refractivity contribution < 1.29 is 23.4 Å². The van der Waals surface area contributed by atoms with Gasteiger partial charge in [0.05, 0.1) is 40.2 Å². The fraction of sp³-hybridized carbons (Fsp3) is 0.172. The number of fused-ring (bicyclic) bond motifs is 2. The summed E-state index contributed by atoms with van der Waals surface area (Å²) < 4.78 is 24.1. The summed E-state index contributed by atoms with van der Waals surface area (Å²) in [6.07, 6.45) is 1.12. The second-order valence-corrected chi connectivity index (χ2v) is 10.2. The lowest BCUT2D eigenvalue weighted by atomic mass is 10.2. The molecule has 40 heavy (non-hydrogen) atoms. The van der Waals surface area contributed by atoms with E-state index in [1.165, 1.54) is 6.21 Å². The summed E-state index contributed by atoms with van der Waals surface area (Å²) >= 11 is 9.72. The number of hydrogen-bond acceptors (Lipinski definition) is 8. The Balaban J connectivity index is 1.63. The van der Waals surface area contributed by atoms with E-state index in [0.29, 0.717) is 48.8 Å². The number of methoxy groups -OCH3 is 1. The fourth-order valence-electron chi connectivity index (χ4n) is 4.09. The van der Waals surface area contributed by atoms with E-state index in [-0.39, 0.29) is 18.5 Å². The van der Waals surface area contributed by atoms with E-state index in [9.17, 15) is 9.59 Å². The molecule has 0 aliphatic heterocycles. The van der Waals surface area contributed by atoms with Crippen LogP contribution in [0.1, 0.15) is 19.4 Å². The number of hydrogen-bond donors (Lipinski definition) is 0. The number of benzene rings is 3. The Bertz CT molecular complexity index is 1830. The summed E-state index contributed by atoms with van der Waals surface area (Å²) in [5.41, 5.74) is 1.05. The molecule has 0 N–H and O–H groups in total. The Morgan fingerprint density at radius 3 is 2.73 bits per heavy atom. The Morgan fingerprint density at radius 1 is 1.15 bits per heavy atom. The van der Waals surface area contributed by atoms with Crippen molar-refractivity contribution in [3.05, 3.63) is 86.1 Å². The lowest BCUT2D eigenvalue weighted by Gasteiger charge is -2.13. The molecule has 204 valence electrons. The molecule has 0 aliphatic carbocycles. The predicted octanol–water partition coefficient (Wildman–Crippen LogP) is 6.45. The van der Waals surface area contributed by atoms with Gasteiger partial charge in [-0.05, 0) is 72.2 Å². The molecule has 2 heterocycles. The smallest absolute Gasteiger partial charge is 0.344 e. The van der Waals surface area contributed by atoms with Crippen LogP contribution in [-0.2, 0) is 9.53 Å². The molecule has 0 radical (unpaired) electrons. The molecule has 0 bridgehead atoms. The largest absolute Gasteiger partial charge is 0.496 e. The highest BCUT2D eigenvalue weighted by molar-refractivity contribution is 9.10. The van der Waals surface area contributed by atoms with Crippen molar-refractivity contribution in [3.8, 4) is 23.1 Å². The molecule has 0 spiro atoms. The number of halogens is 2. The minimum absolute atomic E-state index is 0.183.